The maximum absolute atomic E-state index is 12.7. The highest BCUT2D eigenvalue weighted by atomic mass is 32.2. The van der Waals surface area contributed by atoms with Crippen LogP contribution in [-0.4, -0.2) is 20.1 Å². The van der Waals surface area contributed by atoms with Gasteiger partial charge in [0.2, 0.25) is 10.0 Å². The van der Waals surface area contributed by atoms with Gasteiger partial charge in [-0.2, -0.15) is 24.5 Å². The third-order valence-corrected chi connectivity index (χ3v) is 5.80. The third-order valence-electron chi connectivity index (χ3n) is 3.70. The third kappa shape index (κ3) is 4.59. The van der Waals surface area contributed by atoms with Gasteiger partial charge in [0.25, 0.3) is 0 Å². The molecule has 5 nitrogen and oxygen atoms in total. The molecule has 144 valence electrons. The monoisotopic (exact) mass is 417 g/mol. The highest BCUT2D eigenvalue weighted by Crippen LogP contribution is 2.31. The van der Waals surface area contributed by atoms with Gasteiger partial charge in [0.1, 0.15) is 17.6 Å². The summed E-state index contributed by atoms with van der Waals surface area (Å²) in [6, 6.07) is 8.35. The lowest BCUT2D eigenvalue weighted by molar-refractivity contribution is -0.137. The summed E-state index contributed by atoms with van der Waals surface area (Å²) in [5.41, 5.74) is -0.250. The topological polar surface area (TPSA) is 79.5 Å². The lowest BCUT2D eigenvalue weighted by atomic mass is 10.2. The first kappa shape index (κ1) is 19.6. The molecule has 0 spiro atoms. The van der Waals surface area contributed by atoms with Crippen molar-refractivity contribution in [1.29, 1.82) is 0 Å². The molecule has 27 heavy (non-hydrogen) atoms. The Bertz CT molecular complexity index is 1010. The Balaban J connectivity index is 1.70. The number of sulfonamides is 1. The average Bonchev–Trinajstić information content (AvgIpc) is 3.30. The summed E-state index contributed by atoms with van der Waals surface area (Å²) >= 11 is 1.47. The minimum absolute atomic E-state index is 0.142. The Labute approximate surface area is 157 Å². The van der Waals surface area contributed by atoms with Crippen molar-refractivity contribution in [3.8, 4) is 11.3 Å². The molecule has 2 heterocycles. The standard InChI is InChI=1S/C17H14F3NO4S2/c18-17(19,20)12-2-1-3-13(8-12)27(23,24)21-9-14(22)16-5-4-15(25-16)11-6-7-26-10-11/h1-8,10,14,21-22H,9H2/t14-/m0/s1. The number of hydrogen-bond donors (Lipinski definition) is 2. The van der Waals surface area contributed by atoms with Gasteiger partial charge in [0.15, 0.2) is 0 Å². The maximum Gasteiger partial charge on any atom is 0.416 e. The molecule has 3 rings (SSSR count). The Kier molecular flexibility index (Phi) is 5.43. The van der Waals surface area contributed by atoms with E-state index in [-0.39, 0.29) is 5.76 Å². The van der Waals surface area contributed by atoms with E-state index < -0.39 is 39.3 Å². The Morgan fingerprint density at radius 1 is 1.19 bits per heavy atom. The molecule has 0 bridgehead atoms. The van der Waals surface area contributed by atoms with Gasteiger partial charge >= 0.3 is 6.18 Å². The summed E-state index contributed by atoms with van der Waals surface area (Å²) in [5.74, 6) is 0.661. The van der Waals surface area contributed by atoms with Gasteiger partial charge in [-0.1, -0.05) is 6.07 Å². The highest BCUT2D eigenvalue weighted by molar-refractivity contribution is 7.89. The van der Waals surface area contributed by atoms with E-state index in [1.165, 1.54) is 17.4 Å². The summed E-state index contributed by atoms with van der Waals surface area (Å²) < 4.78 is 70.3. The van der Waals surface area contributed by atoms with Crippen LogP contribution in [0.5, 0.6) is 0 Å². The van der Waals surface area contributed by atoms with Gasteiger partial charge in [-0.15, -0.1) is 0 Å². The quantitative estimate of drug-likeness (QED) is 0.635. The molecule has 2 aromatic heterocycles. The van der Waals surface area contributed by atoms with Crippen molar-refractivity contribution in [2.45, 2.75) is 17.2 Å². The number of alkyl halides is 3. The van der Waals surface area contributed by atoms with Crippen LogP contribution in [-0.2, 0) is 16.2 Å². The molecule has 3 aromatic rings. The fraction of sp³-hybridized carbons (Fsp3) is 0.176. The van der Waals surface area contributed by atoms with Crippen molar-refractivity contribution in [3.63, 3.8) is 0 Å². The number of benzene rings is 1. The lowest BCUT2D eigenvalue weighted by Gasteiger charge is -2.12. The number of nitrogens with one attached hydrogen (secondary N) is 1. The van der Waals surface area contributed by atoms with E-state index in [9.17, 15) is 26.7 Å². The zero-order valence-corrected chi connectivity index (χ0v) is 15.2. The number of thiophene rings is 1. The van der Waals surface area contributed by atoms with Crippen LogP contribution >= 0.6 is 11.3 Å². The van der Waals surface area contributed by atoms with Gasteiger partial charge < -0.3 is 9.52 Å². The fourth-order valence-electron chi connectivity index (χ4n) is 2.30. The summed E-state index contributed by atoms with van der Waals surface area (Å²) in [6.07, 6.45) is -5.95. The lowest BCUT2D eigenvalue weighted by Crippen LogP contribution is -2.28. The molecule has 1 aromatic carbocycles. The van der Waals surface area contributed by atoms with E-state index in [1.807, 2.05) is 16.8 Å². The van der Waals surface area contributed by atoms with Crippen molar-refractivity contribution < 1.29 is 31.1 Å². The average molecular weight is 417 g/mol. The first-order chi connectivity index (χ1) is 12.7. The van der Waals surface area contributed by atoms with Crippen molar-refractivity contribution in [2.75, 3.05) is 6.54 Å². The van der Waals surface area contributed by atoms with Gasteiger partial charge in [0.05, 0.1) is 10.5 Å². The van der Waals surface area contributed by atoms with Gasteiger partial charge in [-0.25, -0.2) is 13.1 Å². The number of aliphatic hydroxyl groups excluding tert-OH is 1. The summed E-state index contributed by atoms with van der Waals surface area (Å²) in [7, 11) is -4.23. The largest absolute Gasteiger partial charge is 0.458 e. The van der Waals surface area contributed by atoms with E-state index in [1.54, 1.807) is 6.07 Å². The normalized spacial score (nSPS) is 13.6. The van der Waals surface area contributed by atoms with E-state index >= 15 is 0 Å². The second-order valence-electron chi connectivity index (χ2n) is 5.61. The van der Waals surface area contributed by atoms with Crippen LogP contribution in [0.4, 0.5) is 13.2 Å². The smallest absolute Gasteiger partial charge is 0.416 e. The molecule has 0 amide bonds. The van der Waals surface area contributed by atoms with Crippen molar-refractivity contribution in [1.82, 2.24) is 4.72 Å². The zero-order chi connectivity index (χ0) is 19.7. The number of furan rings is 1. The summed E-state index contributed by atoms with van der Waals surface area (Å²) in [6.45, 7) is -0.449. The van der Waals surface area contributed by atoms with Crippen molar-refractivity contribution >= 4 is 21.4 Å². The number of hydrogen-bond acceptors (Lipinski definition) is 5. The van der Waals surface area contributed by atoms with Crippen LogP contribution in [0.25, 0.3) is 11.3 Å². The molecule has 0 saturated heterocycles. The molecule has 0 aliphatic carbocycles. The Morgan fingerprint density at radius 3 is 2.63 bits per heavy atom. The highest BCUT2D eigenvalue weighted by Gasteiger charge is 2.31. The summed E-state index contributed by atoms with van der Waals surface area (Å²) in [4.78, 5) is -0.539. The molecular formula is C17H14F3NO4S2. The van der Waals surface area contributed by atoms with Crippen LogP contribution in [0.15, 0.2) is 62.5 Å². The maximum atomic E-state index is 12.7. The van der Waals surface area contributed by atoms with Crippen LogP contribution in [0.2, 0.25) is 0 Å². The zero-order valence-electron chi connectivity index (χ0n) is 13.6. The minimum atomic E-state index is -4.66. The number of halogens is 3. The predicted molar refractivity (Wildman–Crippen MR) is 93.6 cm³/mol. The molecule has 10 heteroatoms. The molecule has 2 N–H and O–H groups in total. The molecule has 1 atom stereocenters. The number of rotatable bonds is 6. The molecule has 0 saturated carbocycles. The summed E-state index contributed by atoms with van der Waals surface area (Å²) in [5, 5.41) is 13.8. The SMILES string of the molecule is O=S(=O)(NC[C@H](O)c1ccc(-c2ccsc2)o1)c1cccc(C(F)(F)F)c1. The van der Waals surface area contributed by atoms with E-state index in [4.69, 9.17) is 4.42 Å². The van der Waals surface area contributed by atoms with Crippen LogP contribution < -0.4 is 4.72 Å². The molecular weight excluding hydrogens is 403 g/mol. The Hall–Kier alpha value is -2.14. The van der Waals surface area contributed by atoms with Gasteiger partial charge in [-0.05, 0) is 41.8 Å². The molecule has 0 radical (unpaired) electrons. The molecule has 0 fully saturated rings. The molecule has 0 aliphatic rings. The fourth-order valence-corrected chi connectivity index (χ4v) is 4.03. The first-order valence-corrected chi connectivity index (χ1v) is 10.1. The second-order valence-corrected chi connectivity index (χ2v) is 8.15. The van der Waals surface area contributed by atoms with E-state index in [0.717, 1.165) is 23.8 Å². The molecule has 0 aliphatic heterocycles. The minimum Gasteiger partial charge on any atom is -0.458 e. The van der Waals surface area contributed by atoms with Crippen molar-refractivity contribution in [3.05, 3.63) is 64.5 Å². The van der Waals surface area contributed by atoms with Crippen molar-refractivity contribution in [2.24, 2.45) is 0 Å². The molecule has 0 unspecified atom stereocenters. The van der Waals surface area contributed by atoms with Crippen LogP contribution in [0.3, 0.4) is 0 Å². The van der Waals surface area contributed by atoms with Gasteiger partial charge in [0, 0.05) is 17.5 Å². The van der Waals surface area contributed by atoms with Crippen LogP contribution in [0.1, 0.15) is 17.4 Å². The first-order valence-electron chi connectivity index (χ1n) is 7.64. The van der Waals surface area contributed by atoms with E-state index in [2.05, 4.69) is 4.72 Å². The second kappa shape index (κ2) is 7.47. The van der Waals surface area contributed by atoms with Gasteiger partial charge in [-0.3, -0.25) is 0 Å². The predicted octanol–water partition coefficient (Wildman–Crippen LogP) is 4.04. The Morgan fingerprint density at radius 2 is 1.96 bits per heavy atom. The van der Waals surface area contributed by atoms with Crippen LogP contribution in [0, 0.1) is 0 Å². The number of aliphatic hydroxyl groups is 1. The van der Waals surface area contributed by atoms with E-state index in [0.29, 0.717) is 11.8 Å².